The van der Waals surface area contributed by atoms with Gasteiger partial charge in [-0.25, -0.2) is 0 Å². The molecule has 3 saturated heterocycles. The molecule has 5 heterocycles. The summed E-state index contributed by atoms with van der Waals surface area (Å²) in [5, 5.41) is 19.0. The Bertz CT molecular complexity index is 2150. The fourth-order valence-corrected chi connectivity index (χ4v) is 8.01. The largest absolute Gasteiger partial charge is 1.00 e. The van der Waals surface area contributed by atoms with Gasteiger partial charge in [0.1, 0.15) is 12.2 Å². The molecule has 3 unspecified atom stereocenters. The maximum Gasteiger partial charge on any atom is 1.00 e. The Morgan fingerprint density at radius 1 is 0.667 bits per heavy atom. The molecule has 0 spiro atoms. The fourth-order valence-electron chi connectivity index (χ4n) is 7.17. The molecule has 6 aromatic rings. The van der Waals surface area contributed by atoms with Crippen molar-refractivity contribution in [3.63, 3.8) is 0 Å². The van der Waals surface area contributed by atoms with Crippen LogP contribution in [0.4, 0.5) is 0 Å². The van der Waals surface area contributed by atoms with E-state index in [4.69, 9.17) is 34.4 Å². The van der Waals surface area contributed by atoms with Crippen LogP contribution in [0.2, 0.25) is 0 Å². The van der Waals surface area contributed by atoms with E-state index in [1.165, 1.54) is 15.7 Å². The molecular weight excluding hydrogens is 683 g/mol. The fraction of sp³-hybridized carbons (Fsp3) is 0.314. The molecule has 0 radical (unpaired) electrons. The summed E-state index contributed by atoms with van der Waals surface area (Å²) in [7, 11) is 0. The minimum atomic E-state index is -1.69. The average molecular weight is 719 g/mol. The van der Waals surface area contributed by atoms with Gasteiger partial charge in [0.25, 0.3) is 0 Å². The van der Waals surface area contributed by atoms with E-state index in [1.54, 1.807) is 0 Å². The topological polar surface area (TPSA) is 192 Å². The Morgan fingerprint density at radius 2 is 1.08 bits per heavy atom. The molecule has 3 aliphatic heterocycles. The monoisotopic (exact) mass is 718 g/mol. The van der Waals surface area contributed by atoms with E-state index in [0.717, 1.165) is 32.8 Å². The third-order valence-corrected chi connectivity index (χ3v) is 9.96. The standard InChI is InChI=1S/C17H16N4O2.C17H15NO4S.CH4.N3.Na/c18-20-19-13-9-23-10-16(17(13)22)21-14-7-3-1-5-11(14)12-6-2-4-8-15(12)21;19-23-21-16-10-20-9-15(17(16)22-23)18-13-7-3-1-5-11(13)12-6-2-4-8-14(12)18;;1-3-2;/h1-8,13,16-17,22H,9-10H2;1-8,15-17H,9-10H2;1H4;;/q;;;-1;+1/t13-,16+,17?;15-,16-,17?,23?;;;/m10.../s1. The SMILES string of the molecule is C.O=S1OC2[C@H](COC[C@@H]2n2c3ccccc3c3ccccc32)O1.[N-]=[N+]=N[C@@H]1COC[C@H](n2c3ccccc3c3ccccc32)C1O.[N-]=[N+]=[N-].[Na+]. The van der Waals surface area contributed by atoms with Crippen LogP contribution in [0.15, 0.2) is 102 Å². The number of benzene rings is 4. The van der Waals surface area contributed by atoms with Gasteiger partial charge in [-0.1, -0.05) is 85.3 Å². The predicted octanol–water partition coefficient (Wildman–Crippen LogP) is 4.64. The van der Waals surface area contributed by atoms with Crippen LogP contribution < -0.4 is 29.6 Å². The number of ether oxygens (including phenoxy) is 2. The minimum absolute atomic E-state index is 0. The smallest absolute Gasteiger partial charge is 0.390 e. The first kappa shape index (κ1) is 38.3. The first-order valence-electron chi connectivity index (χ1n) is 15.6. The third-order valence-electron chi connectivity index (χ3n) is 9.17. The number of fused-ring (bicyclic) bond motifs is 7. The summed E-state index contributed by atoms with van der Waals surface area (Å²) in [5.74, 6) is 0. The average Bonchev–Trinajstić information content (AvgIpc) is 3.79. The van der Waals surface area contributed by atoms with Crippen LogP contribution in [0.5, 0.6) is 0 Å². The number of hydrogen-bond acceptors (Lipinski definition) is 7. The van der Waals surface area contributed by atoms with Crippen molar-refractivity contribution in [3.05, 3.63) is 123 Å². The molecule has 2 aromatic heterocycles. The van der Waals surface area contributed by atoms with Gasteiger partial charge in [0.05, 0.1) is 50.7 Å². The molecule has 0 saturated carbocycles. The van der Waals surface area contributed by atoms with Crippen LogP contribution in [0.25, 0.3) is 70.0 Å². The van der Waals surface area contributed by atoms with Crippen LogP contribution in [-0.4, -0.2) is 69.2 Å². The Labute approximate surface area is 318 Å². The Hall–Kier alpha value is -3.95. The van der Waals surface area contributed by atoms with E-state index in [-0.39, 0.29) is 67.9 Å². The first-order valence-corrected chi connectivity index (χ1v) is 16.6. The van der Waals surface area contributed by atoms with Crippen molar-refractivity contribution in [1.29, 1.82) is 0 Å². The van der Waals surface area contributed by atoms with Gasteiger partial charge in [-0.2, -0.15) is 4.21 Å². The summed E-state index contributed by atoms with van der Waals surface area (Å²) in [6, 6.07) is 31.9. The Morgan fingerprint density at radius 3 is 1.55 bits per heavy atom. The molecule has 14 nitrogen and oxygen atoms in total. The number of aliphatic hydroxyl groups excluding tert-OH is 1. The quantitative estimate of drug-likeness (QED) is 0.120. The number of aromatic nitrogens is 2. The van der Waals surface area contributed by atoms with Crippen LogP contribution >= 0.6 is 0 Å². The van der Waals surface area contributed by atoms with Crippen molar-refractivity contribution < 1.29 is 56.7 Å². The molecule has 9 rings (SSSR count). The normalized spacial score (nSPS) is 25.2. The van der Waals surface area contributed by atoms with E-state index in [2.05, 4.69) is 55.6 Å². The summed E-state index contributed by atoms with van der Waals surface area (Å²) in [4.78, 5) is 4.33. The van der Waals surface area contributed by atoms with Gasteiger partial charge in [0.2, 0.25) is 0 Å². The summed E-state index contributed by atoms with van der Waals surface area (Å²) < 4.78 is 38.2. The van der Waals surface area contributed by atoms with Crippen molar-refractivity contribution in [2.24, 2.45) is 5.11 Å². The van der Waals surface area contributed by atoms with Crippen molar-refractivity contribution in [1.82, 2.24) is 9.13 Å². The molecule has 3 fully saturated rings. The van der Waals surface area contributed by atoms with Crippen LogP contribution in [0.3, 0.4) is 0 Å². The van der Waals surface area contributed by atoms with Crippen molar-refractivity contribution >= 4 is 55.0 Å². The molecule has 7 atom stereocenters. The second-order valence-electron chi connectivity index (χ2n) is 11.8. The predicted molar refractivity (Wildman–Crippen MR) is 192 cm³/mol. The number of rotatable bonds is 3. The van der Waals surface area contributed by atoms with Gasteiger partial charge in [-0.15, -0.1) is 0 Å². The third kappa shape index (κ3) is 7.25. The number of nitrogens with zero attached hydrogens (tertiary/aromatic N) is 8. The van der Waals surface area contributed by atoms with Crippen LogP contribution in [0, 0.1) is 0 Å². The van der Waals surface area contributed by atoms with E-state index in [0.29, 0.717) is 19.8 Å². The van der Waals surface area contributed by atoms with Crippen molar-refractivity contribution in [2.45, 2.75) is 43.9 Å². The minimum Gasteiger partial charge on any atom is -0.390 e. The second kappa shape index (κ2) is 17.0. The molecule has 0 bridgehead atoms. The van der Waals surface area contributed by atoms with E-state index in [9.17, 15) is 9.32 Å². The van der Waals surface area contributed by atoms with Crippen molar-refractivity contribution in [2.75, 3.05) is 26.4 Å². The summed E-state index contributed by atoms with van der Waals surface area (Å²) in [6.07, 6.45) is -1.32. The van der Waals surface area contributed by atoms with Gasteiger partial charge in [0.15, 0.2) is 0 Å². The molecule has 3 aliphatic rings. The maximum atomic E-state index is 11.7. The number of azide groups is 1. The summed E-state index contributed by atoms with van der Waals surface area (Å²) >= 11 is -1.69. The van der Waals surface area contributed by atoms with Gasteiger partial charge in [0, 0.05) is 48.5 Å². The molecular formula is C35H35N8NaO6S. The van der Waals surface area contributed by atoms with Gasteiger partial charge in [-0.3, -0.25) is 13.3 Å². The number of hydrogen-bond donors (Lipinski definition) is 1. The molecule has 0 aliphatic carbocycles. The molecule has 16 heteroatoms. The molecule has 1 N–H and O–H groups in total. The van der Waals surface area contributed by atoms with Gasteiger partial charge in [-0.05, 0) is 29.8 Å². The van der Waals surface area contributed by atoms with Gasteiger partial charge < -0.3 is 34.8 Å². The Balaban J connectivity index is 0.000000177. The maximum absolute atomic E-state index is 11.7. The number of aliphatic hydroxyl groups is 1. The summed E-state index contributed by atoms with van der Waals surface area (Å²) in [6.45, 7) is 1.58. The first-order chi connectivity index (χ1) is 24.0. The molecule has 4 aromatic carbocycles. The molecule has 258 valence electrons. The second-order valence-corrected chi connectivity index (χ2v) is 12.6. The van der Waals surface area contributed by atoms with Crippen LogP contribution in [-0.2, 0) is 29.2 Å². The Kier molecular flexibility index (Phi) is 12.8. The molecule has 0 amide bonds. The zero-order chi connectivity index (χ0) is 33.9. The molecule has 51 heavy (non-hydrogen) atoms. The van der Waals surface area contributed by atoms with E-state index < -0.39 is 23.5 Å². The van der Waals surface area contributed by atoms with E-state index in [1.807, 2.05) is 60.7 Å². The number of para-hydroxylation sites is 4. The van der Waals surface area contributed by atoms with Crippen LogP contribution in [0.1, 0.15) is 19.5 Å². The van der Waals surface area contributed by atoms with E-state index >= 15 is 0 Å². The summed E-state index contributed by atoms with van der Waals surface area (Å²) in [5.41, 5.74) is 26.5. The zero-order valence-electron chi connectivity index (χ0n) is 27.0. The van der Waals surface area contributed by atoms with Crippen molar-refractivity contribution in [3.8, 4) is 0 Å². The zero-order valence-corrected chi connectivity index (χ0v) is 29.8. The van der Waals surface area contributed by atoms with Gasteiger partial charge >= 0.3 is 40.9 Å².